The molecule has 0 atom stereocenters. The minimum absolute atomic E-state index is 0.0297. The first-order chi connectivity index (χ1) is 6.49. The van der Waals surface area contributed by atoms with Crippen molar-refractivity contribution in [3.63, 3.8) is 0 Å². The molecule has 0 saturated carbocycles. The molecule has 1 amide bonds. The van der Waals surface area contributed by atoms with E-state index in [-0.39, 0.29) is 11.5 Å². The third-order valence-electron chi connectivity index (χ3n) is 1.90. The standard InChI is InChI=1S/C10H19NO3/c1-10(2,3)8-14-9(12)11-4-6-13-7-5-11/h4-8H2,1-3H3. The molecule has 0 unspecified atom stereocenters. The zero-order valence-electron chi connectivity index (χ0n) is 9.21. The summed E-state index contributed by atoms with van der Waals surface area (Å²) < 4.78 is 10.3. The van der Waals surface area contributed by atoms with E-state index in [1.54, 1.807) is 4.90 Å². The highest BCUT2D eigenvalue weighted by Gasteiger charge is 2.20. The highest BCUT2D eigenvalue weighted by atomic mass is 16.6. The van der Waals surface area contributed by atoms with E-state index in [9.17, 15) is 4.79 Å². The lowest BCUT2D eigenvalue weighted by molar-refractivity contribution is 0.0180. The molecule has 0 N–H and O–H groups in total. The van der Waals surface area contributed by atoms with Gasteiger partial charge in [0, 0.05) is 13.1 Å². The topological polar surface area (TPSA) is 38.8 Å². The van der Waals surface area contributed by atoms with Crippen LogP contribution in [-0.4, -0.2) is 43.9 Å². The van der Waals surface area contributed by atoms with Crippen molar-refractivity contribution < 1.29 is 14.3 Å². The van der Waals surface area contributed by atoms with Gasteiger partial charge in [-0.15, -0.1) is 0 Å². The third-order valence-corrected chi connectivity index (χ3v) is 1.90. The van der Waals surface area contributed by atoms with E-state index in [1.165, 1.54) is 0 Å². The zero-order chi connectivity index (χ0) is 10.6. The van der Waals surface area contributed by atoms with Gasteiger partial charge in [0.15, 0.2) is 0 Å². The second kappa shape index (κ2) is 4.64. The molecule has 0 aliphatic carbocycles. The van der Waals surface area contributed by atoms with Crippen LogP contribution in [0.1, 0.15) is 20.8 Å². The summed E-state index contributed by atoms with van der Waals surface area (Å²) in [6.45, 7) is 9.10. The van der Waals surface area contributed by atoms with Gasteiger partial charge in [0.25, 0.3) is 0 Å². The van der Waals surface area contributed by atoms with E-state index in [0.717, 1.165) is 0 Å². The van der Waals surface area contributed by atoms with Crippen LogP contribution in [0.2, 0.25) is 0 Å². The largest absolute Gasteiger partial charge is 0.449 e. The predicted molar refractivity (Wildman–Crippen MR) is 53.2 cm³/mol. The number of hydrogen-bond donors (Lipinski definition) is 0. The van der Waals surface area contributed by atoms with Gasteiger partial charge in [-0.2, -0.15) is 0 Å². The number of amides is 1. The zero-order valence-corrected chi connectivity index (χ0v) is 9.21. The Bertz CT molecular complexity index is 192. The Morgan fingerprint density at radius 2 is 1.93 bits per heavy atom. The molecular formula is C10H19NO3. The average Bonchev–Trinajstić information content (AvgIpc) is 2.14. The summed E-state index contributed by atoms with van der Waals surface area (Å²) in [5.74, 6) is 0. The number of ether oxygens (including phenoxy) is 2. The van der Waals surface area contributed by atoms with Crippen molar-refractivity contribution in [1.82, 2.24) is 4.90 Å². The van der Waals surface area contributed by atoms with Crippen molar-refractivity contribution >= 4 is 6.09 Å². The normalized spacial score (nSPS) is 18.1. The van der Waals surface area contributed by atoms with Gasteiger partial charge in [0.05, 0.1) is 19.8 Å². The van der Waals surface area contributed by atoms with Gasteiger partial charge in [0.1, 0.15) is 0 Å². The van der Waals surface area contributed by atoms with Crippen LogP contribution >= 0.6 is 0 Å². The van der Waals surface area contributed by atoms with Crippen molar-refractivity contribution in [2.75, 3.05) is 32.9 Å². The molecule has 4 nitrogen and oxygen atoms in total. The number of morpholine rings is 1. The maximum Gasteiger partial charge on any atom is 0.409 e. The molecule has 1 aliphatic heterocycles. The smallest absolute Gasteiger partial charge is 0.409 e. The number of carbonyl (C=O) groups excluding carboxylic acids is 1. The van der Waals surface area contributed by atoms with E-state index in [4.69, 9.17) is 9.47 Å². The fourth-order valence-corrected chi connectivity index (χ4v) is 1.12. The van der Waals surface area contributed by atoms with Gasteiger partial charge in [-0.05, 0) is 5.41 Å². The number of hydrogen-bond acceptors (Lipinski definition) is 3. The maximum atomic E-state index is 11.5. The van der Waals surface area contributed by atoms with Crippen LogP contribution in [0.15, 0.2) is 0 Å². The first kappa shape index (κ1) is 11.3. The molecule has 0 radical (unpaired) electrons. The monoisotopic (exact) mass is 201 g/mol. The second-order valence-corrected chi connectivity index (χ2v) is 4.71. The van der Waals surface area contributed by atoms with E-state index in [1.807, 2.05) is 20.8 Å². The number of nitrogens with zero attached hydrogens (tertiary/aromatic N) is 1. The first-order valence-corrected chi connectivity index (χ1v) is 4.98. The van der Waals surface area contributed by atoms with E-state index >= 15 is 0 Å². The van der Waals surface area contributed by atoms with Crippen molar-refractivity contribution in [3.05, 3.63) is 0 Å². The Morgan fingerprint density at radius 1 is 1.36 bits per heavy atom. The lowest BCUT2D eigenvalue weighted by Gasteiger charge is -2.27. The van der Waals surface area contributed by atoms with Gasteiger partial charge in [-0.3, -0.25) is 0 Å². The summed E-state index contributed by atoms with van der Waals surface area (Å²) in [5.41, 5.74) is 0.0297. The molecular weight excluding hydrogens is 182 g/mol. The molecule has 1 aliphatic rings. The minimum atomic E-state index is -0.219. The van der Waals surface area contributed by atoms with Crippen LogP contribution in [-0.2, 0) is 9.47 Å². The quantitative estimate of drug-likeness (QED) is 0.645. The Balaban J connectivity index is 2.27. The van der Waals surface area contributed by atoms with Crippen molar-refractivity contribution in [1.29, 1.82) is 0 Å². The summed E-state index contributed by atoms with van der Waals surface area (Å²) in [7, 11) is 0. The van der Waals surface area contributed by atoms with Crippen LogP contribution in [0, 0.1) is 5.41 Å². The highest BCUT2D eigenvalue weighted by Crippen LogP contribution is 2.13. The Hall–Kier alpha value is -0.770. The van der Waals surface area contributed by atoms with E-state index in [2.05, 4.69) is 0 Å². The molecule has 82 valence electrons. The molecule has 0 aromatic carbocycles. The molecule has 0 bridgehead atoms. The summed E-state index contributed by atoms with van der Waals surface area (Å²) in [4.78, 5) is 13.2. The van der Waals surface area contributed by atoms with Crippen LogP contribution in [0.4, 0.5) is 4.79 Å². The predicted octanol–water partition coefficient (Wildman–Crippen LogP) is 1.50. The molecule has 0 aromatic rings. The van der Waals surface area contributed by atoms with Crippen LogP contribution < -0.4 is 0 Å². The lowest BCUT2D eigenvalue weighted by Crippen LogP contribution is -2.41. The summed E-state index contributed by atoms with van der Waals surface area (Å²) >= 11 is 0. The molecule has 1 heterocycles. The average molecular weight is 201 g/mol. The SMILES string of the molecule is CC(C)(C)COC(=O)N1CCOCC1. The fraction of sp³-hybridized carbons (Fsp3) is 0.900. The lowest BCUT2D eigenvalue weighted by atomic mass is 9.99. The van der Waals surface area contributed by atoms with E-state index in [0.29, 0.717) is 32.9 Å². The summed E-state index contributed by atoms with van der Waals surface area (Å²) in [6.07, 6.45) is -0.219. The molecule has 1 saturated heterocycles. The summed E-state index contributed by atoms with van der Waals surface area (Å²) in [6, 6.07) is 0. The molecule has 1 rings (SSSR count). The van der Waals surface area contributed by atoms with Gasteiger partial charge in [0.2, 0.25) is 0 Å². The maximum absolute atomic E-state index is 11.5. The summed E-state index contributed by atoms with van der Waals surface area (Å²) in [5, 5.41) is 0. The third kappa shape index (κ3) is 3.96. The van der Waals surface area contributed by atoms with Crippen molar-refractivity contribution in [2.45, 2.75) is 20.8 Å². The Kier molecular flexibility index (Phi) is 3.75. The van der Waals surface area contributed by atoms with Gasteiger partial charge in [-0.25, -0.2) is 4.79 Å². The minimum Gasteiger partial charge on any atom is -0.449 e. The molecule has 1 fully saturated rings. The first-order valence-electron chi connectivity index (χ1n) is 4.98. The van der Waals surface area contributed by atoms with Gasteiger partial charge >= 0.3 is 6.09 Å². The number of rotatable bonds is 1. The Labute approximate surface area is 85.2 Å². The second-order valence-electron chi connectivity index (χ2n) is 4.71. The van der Waals surface area contributed by atoms with Crippen LogP contribution in [0.5, 0.6) is 0 Å². The fourth-order valence-electron chi connectivity index (χ4n) is 1.12. The highest BCUT2D eigenvalue weighted by molar-refractivity contribution is 5.67. The molecule has 0 aromatic heterocycles. The van der Waals surface area contributed by atoms with Gasteiger partial charge in [-0.1, -0.05) is 20.8 Å². The molecule has 14 heavy (non-hydrogen) atoms. The van der Waals surface area contributed by atoms with E-state index < -0.39 is 0 Å². The van der Waals surface area contributed by atoms with Crippen molar-refractivity contribution in [3.8, 4) is 0 Å². The van der Waals surface area contributed by atoms with Crippen LogP contribution in [0.3, 0.4) is 0 Å². The number of carbonyl (C=O) groups is 1. The van der Waals surface area contributed by atoms with Crippen LogP contribution in [0.25, 0.3) is 0 Å². The molecule has 0 spiro atoms. The Morgan fingerprint density at radius 3 is 2.43 bits per heavy atom. The molecule has 4 heteroatoms. The van der Waals surface area contributed by atoms with Crippen molar-refractivity contribution in [2.24, 2.45) is 5.41 Å². The van der Waals surface area contributed by atoms with Gasteiger partial charge < -0.3 is 14.4 Å².